The molecule has 1 rings (SSSR count). The van der Waals surface area contributed by atoms with Gasteiger partial charge in [-0.15, -0.1) is 0 Å². The third-order valence-corrected chi connectivity index (χ3v) is 4.21. The Morgan fingerprint density at radius 2 is 1.85 bits per heavy atom. The predicted octanol–water partition coefficient (Wildman–Crippen LogP) is 2.14. The van der Waals surface area contributed by atoms with Crippen molar-refractivity contribution in [3.05, 3.63) is 29.3 Å². The molecular formula is C13H20F2N2O2S. The van der Waals surface area contributed by atoms with Gasteiger partial charge in [-0.05, 0) is 29.5 Å². The number of nitrogens with one attached hydrogen (secondary N) is 1. The number of rotatable bonds is 5. The van der Waals surface area contributed by atoms with Crippen molar-refractivity contribution in [3.8, 4) is 0 Å². The summed E-state index contributed by atoms with van der Waals surface area (Å²) in [5, 5.41) is 0. The molecular weight excluding hydrogens is 286 g/mol. The van der Waals surface area contributed by atoms with E-state index in [2.05, 4.69) is 4.72 Å². The summed E-state index contributed by atoms with van der Waals surface area (Å²) in [4.78, 5) is -0.702. The van der Waals surface area contributed by atoms with Crippen molar-refractivity contribution in [2.75, 3.05) is 6.54 Å². The minimum absolute atomic E-state index is 0.0641. The van der Waals surface area contributed by atoms with Gasteiger partial charge in [0.05, 0.1) is 0 Å². The number of benzene rings is 1. The van der Waals surface area contributed by atoms with Gasteiger partial charge in [0.2, 0.25) is 10.0 Å². The molecule has 1 aromatic carbocycles. The normalized spacial score (nSPS) is 12.7. The van der Waals surface area contributed by atoms with E-state index in [1.807, 2.05) is 20.8 Å². The average molecular weight is 306 g/mol. The first kappa shape index (κ1) is 17.0. The number of sulfonamides is 1. The summed E-state index contributed by atoms with van der Waals surface area (Å²) >= 11 is 0. The maximum atomic E-state index is 13.6. The van der Waals surface area contributed by atoms with Crippen LogP contribution in [0.2, 0.25) is 0 Å². The molecule has 1 aromatic rings. The Morgan fingerprint density at radius 3 is 2.35 bits per heavy atom. The second kappa shape index (κ2) is 6.15. The molecule has 0 aliphatic heterocycles. The highest BCUT2D eigenvalue weighted by Gasteiger charge is 2.23. The molecule has 0 fully saturated rings. The molecule has 0 aliphatic carbocycles. The van der Waals surface area contributed by atoms with E-state index in [9.17, 15) is 17.2 Å². The minimum Gasteiger partial charge on any atom is -0.326 e. The summed E-state index contributed by atoms with van der Waals surface area (Å²) in [7, 11) is -4.09. The molecule has 0 saturated carbocycles. The first-order valence-electron chi connectivity index (χ1n) is 6.24. The number of hydrogen-bond acceptors (Lipinski definition) is 3. The summed E-state index contributed by atoms with van der Waals surface area (Å²) < 4.78 is 53.3. The van der Waals surface area contributed by atoms with Gasteiger partial charge >= 0.3 is 0 Å². The van der Waals surface area contributed by atoms with Crippen molar-refractivity contribution in [2.24, 2.45) is 11.1 Å². The molecule has 0 spiro atoms. The second-order valence-corrected chi connectivity index (χ2v) is 7.54. The Bertz CT molecular complexity index is 581. The Labute approximate surface area is 118 Å². The van der Waals surface area contributed by atoms with Crippen LogP contribution in [0.4, 0.5) is 8.78 Å². The second-order valence-electron chi connectivity index (χ2n) is 5.80. The largest absolute Gasteiger partial charge is 0.326 e. The molecule has 0 unspecified atom stereocenters. The number of nitrogens with two attached hydrogens (primary N) is 1. The summed E-state index contributed by atoms with van der Waals surface area (Å²) in [6, 6.07) is 1.95. The lowest BCUT2D eigenvalue weighted by Crippen LogP contribution is -2.28. The van der Waals surface area contributed by atoms with Crippen molar-refractivity contribution in [3.63, 3.8) is 0 Å². The topological polar surface area (TPSA) is 72.2 Å². The van der Waals surface area contributed by atoms with Crippen molar-refractivity contribution in [2.45, 2.75) is 38.6 Å². The average Bonchev–Trinajstić information content (AvgIpc) is 2.30. The van der Waals surface area contributed by atoms with E-state index in [-0.39, 0.29) is 24.1 Å². The third-order valence-electron chi connectivity index (χ3n) is 2.75. The lowest BCUT2D eigenvalue weighted by molar-refractivity contribution is 0.378. The minimum atomic E-state index is -4.09. The van der Waals surface area contributed by atoms with Gasteiger partial charge in [-0.25, -0.2) is 21.9 Å². The van der Waals surface area contributed by atoms with Crippen LogP contribution in [0.25, 0.3) is 0 Å². The zero-order valence-electron chi connectivity index (χ0n) is 11.8. The fourth-order valence-corrected chi connectivity index (χ4v) is 2.74. The van der Waals surface area contributed by atoms with Gasteiger partial charge in [0, 0.05) is 13.1 Å². The van der Waals surface area contributed by atoms with Crippen molar-refractivity contribution >= 4 is 10.0 Å². The molecule has 0 amide bonds. The van der Waals surface area contributed by atoms with E-state index >= 15 is 0 Å². The van der Waals surface area contributed by atoms with E-state index in [0.29, 0.717) is 6.42 Å². The maximum Gasteiger partial charge on any atom is 0.243 e. The van der Waals surface area contributed by atoms with Gasteiger partial charge < -0.3 is 5.73 Å². The monoisotopic (exact) mass is 306 g/mol. The van der Waals surface area contributed by atoms with E-state index in [0.717, 1.165) is 12.1 Å². The smallest absolute Gasteiger partial charge is 0.243 e. The van der Waals surface area contributed by atoms with Crippen molar-refractivity contribution in [1.82, 2.24) is 4.72 Å². The summed E-state index contributed by atoms with van der Waals surface area (Å²) in [5.74, 6) is -2.60. The standard InChI is InChI=1S/C13H20F2N2O2S/c1-13(2,3)4-5-17-20(18,19)11-7-9(8-16)6-10(14)12(11)15/h6-7,17H,4-5,8,16H2,1-3H3. The zero-order chi connectivity index (χ0) is 15.6. The predicted molar refractivity (Wildman–Crippen MR) is 73.5 cm³/mol. The first-order valence-corrected chi connectivity index (χ1v) is 7.73. The van der Waals surface area contributed by atoms with Gasteiger partial charge in [0.25, 0.3) is 0 Å². The third kappa shape index (κ3) is 4.50. The van der Waals surface area contributed by atoms with Gasteiger partial charge in [-0.1, -0.05) is 20.8 Å². The molecule has 20 heavy (non-hydrogen) atoms. The van der Waals surface area contributed by atoms with Crippen molar-refractivity contribution in [1.29, 1.82) is 0 Å². The van der Waals surface area contributed by atoms with Crippen LogP contribution in [0.5, 0.6) is 0 Å². The van der Waals surface area contributed by atoms with E-state index < -0.39 is 26.6 Å². The fraction of sp³-hybridized carbons (Fsp3) is 0.538. The van der Waals surface area contributed by atoms with Crippen LogP contribution >= 0.6 is 0 Å². The first-order chi connectivity index (χ1) is 9.07. The molecule has 3 N–H and O–H groups in total. The van der Waals surface area contributed by atoms with Crippen LogP contribution in [-0.4, -0.2) is 15.0 Å². The Morgan fingerprint density at radius 1 is 1.25 bits per heavy atom. The van der Waals surface area contributed by atoms with Gasteiger partial charge in [-0.2, -0.15) is 0 Å². The van der Waals surface area contributed by atoms with Crippen LogP contribution in [0.15, 0.2) is 17.0 Å². The molecule has 0 radical (unpaired) electrons. The highest BCUT2D eigenvalue weighted by molar-refractivity contribution is 7.89. The summed E-state index contributed by atoms with van der Waals surface area (Å²) in [5.41, 5.74) is 5.49. The number of halogens is 2. The van der Waals surface area contributed by atoms with Crippen LogP contribution in [0.1, 0.15) is 32.8 Å². The molecule has 7 heteroatoms. The van der Waals surface area contributed by atoms with E-state index in [1.165, 1.54) is 0 Å². The summed E-state index contributed by atoms with van der Waals surface area (Å²) in [6.07, 6.45) is 0.576. The molecule has 0 aliphatic rings. The van der Waals surface area contributed by atoms with Crippen LogP contribution in [-0.2, 0) is 16.6 Å². The fourth-order valence-electron chi connectivity index (χ4n) is 1.57. The Kier molecular flexibility index (Phi) is 5.23. The van der Waals surface area contributed by atoms with Gasteiger partial charge in [0.1, 0.15) is 4.90 Å². The van der Waals surface area contributed by atoms with Crippen LogP contribution < -0.4 is 10.5 Å². The quantitative estimate of drug-likeness (QED) is 0.875. The molecule has 0 heterocycles. The van der Waals surface area contributed by atoms with Crippen molar-refractivity contribution < 1.29 is 17.2 Å². The van der Waals surface area contributed by atoms with Crippen LogP contribution in [0, 0.1) is 17.0 Å². The summed E-state index contributed by atoms with van der Waals surface area (Å²) in [6.45, 7) is 5.95. The van der Waals surface area contributed by atoms with E-state index in [1.54, 1.807) is 0 Å². The van der Waals surface area contributed by atoms with E-state index in [4.69, 9.17) is 5.73 Å². The number of hydrogen-bond donors (Lipinski definition) is 2. The molecule has 0 saturated heterocycles. The van der Waals surface area contributed by atoms with Gasteiger partial charge in [0.15, 0.2) is 11.6 Å². The molecule has 0 bridgehead atoms. The van der Waals surface area contributed by atoms with Crippen LogP contribution in [0.3, 0.4) is 0 Å². The molecule has 0 atom stereocenters. The maximum absolute atomic E-state index is 13.6. The lowest BCUT2D eigenvalue weighted by Gasteiger charge is -2.18. The molecule has 4 nitrogen and oxygen atoms in total. The van der Waals surface area contributed by atoms with Gasteiger partial charge in [-0.3, -0.25) is 0 Å². The highest BCUT2D eigenvalue weighted by atomic mass is 32.2. The zero-order valence-corrected chi connectivity index (χ0v) is 12.7. The Hall–Kier alpha value is -1.05. The molecule has 114 valence electrons. The highest BCUT2D eigenvalue weighted by Crippen LogP contribution is 2.21. The lowest BCUT2D eigenvalue weighted by atomic mass is 9.93. The molecule has 0 aromatic heterocycles. The Balaban J connectivity index is 3.01. The SMILES string of the molecule is CC(C)(C)CCNS(=O)(=O)c1cc(CN)cc(F)c1F.